The topological polar surface area (TPSA) is 96.7 Å². The molecule has 2 N–H and O–H groups in total. The molecule has 0 radical (unpaired) electrons. The average molecular weight is 567 g/mol. The van der Waals surface area contributed by atoms with Crippen molar-refractivity contribution in [1.29, 1.82) is 0 Å². The molecule has 0 bridgehead atoms. The Balaban J connectivity index is 2.09. The number of carboxylic acid groups (broad SMARTS) is 1. The summed E-state index contributed by atoms with van der Waals surface area (Å²) in [7, 11) is -2.82. The zero-order valence-corrected chi connectivity index (χ0v) is 21.7. The SMILES string of the molecule is CC(C)c1nc(-c2c(F)c(F)cc(F)c2F)cc(-c2ccc(F)cc2)c1C#CCO[PH](=O)CC(O)CC(=O)O. The van der Waals surface area contributed by atoms with Gasteiger partial charge in [0.15, 0.2) is 31.3 Å². The van der Waals surface area contributed by atoms with Crippen LogP contribution in [0.5, 0.6) is 0 Å². The van der Waals surface area contributed by atoms with Crippen molar-refractivity contribution in [1.82, 2.24) is 4.98 Å². The molecule has 0 amide bonds. The number of benzene rings is 2. The summed E-state index contributed by atoms with van der Waals surface area (Å²) in [5, 5.41) is 18.3. The first-order valence-corrected chi connectivity index (χ1v) is 13.1. The van der Waals surface area contributed by atoms with Gasteiger partial charge in [0, 0.05) is 17.8 Å². The number of aliphatic carboxylic acids is 1. The van der Waals surface area contributed by atoms with Crippen molar-refractivity contribution in [3.05, 3.63) is 76.7 Å². The summed E-state index contributed by atoms with van der Waals surface area (Å²) in [6.07, 6.45) is -2.34. The normalized spacial score (nSPS) is 12.6. The van der Waals surface area contributed by atoms with Crippen LogP contribution in [0, 0.1) is 40.9 Å². The van der Waals surface area contributed by atoms with E-state index in [1.165, 1.54) is 18.2 Å². The Labute approximate surface area is 221 Å². The zero-order valence-electron chi connectivity index (χ0n) is 20.7. The summed E-state index contributed by atoms with van der Waals surface area (Å²) in [6.45, 7) is 3.02. The number of hydrogen-bond donors (Lipinski definition) is 2. The maximum absolute atomic E-state index is 14.6. The van der Waals surface area contributed by atoms with E-state index < -0.39 is 72.8 Å². The summed E-state index contributed by atoms with van der Waals surface area (Å²) < 4.78 is 88.0. The first-order chi connectivity index (χ1) is 18.4. The monoisotopic (exact) mass is 567 g/mol. The lowest BCUT2D eigenvalue weighted by molar-refractivity contribution is -0.138. The number of aliphatic hydroxyl groups excluding tert-OH is 1. The smallest absolute Gasteiger partial charge is 0.305 e. The zero-order chi connectivity index (χ0) is 28.9. The van der Waals surface area contributed by atoms with Crippen LogP contribution in [0.2, 0.25) is 0 Å². The van der Waals surface area contributed by atoms with Gasteiger partial charge in [-0.1, -0.05) is 37.8 Å². The third kappa shape index (κ3) is 7.51. The molecular formula is C27H23F5NO5P. The molecule has 0 spiro atoms. The maximum atomic E-state index is 14.6. The second-order valence-electron chi connectivity index (χ2n) is 8.74. The highest BCUT2D eigenvalue weighted by Crippen LogP contribution is 2.36. The van der Waals surface area contributed by atoms with Crippen LogP contribution in [0.3, 0.4) is 0 Å². The quantitative estimate of drug-likeness (QED) is 0.144. The minimum atomic E-state index is -2.82. The first kappa shape index (κ1) is 30.0. The minimum Gasteiger partial charge on any atom is -0.481 e. The highest BCUT2D eigenvalue weighted by Gasteiger charge is 2.25. The molecule has 0 aliphatic rings. The molecule has 2 aromatic carbocycles. The van der Waals surface area contributed by atoms with Crippen molar-refractivity contribution < 1.29 is 46.0 Å². The van der Waals surface area contributed by atoms with Crippen molar-refractivity contribution >= 4 is 14.0 Å². The fourth-order valence-electron chi connectivity index (χ4n) is 3.66. The van der Waals surface area contributed by atoms with Crippen LogP contribution in [0.1, 0.15) is 37.4 Å². The minimum absolute atomic E-state index is 0.0879. The van der Waals surface area contributed by atoms with E-state index in [1.54, 1.807) is 13.8 Å². The summed E-state index contributed by atoms with van der Waals surface area (Å²) in [5.74, 6) is -3.28. The predicted molar refractivity (Wildman–Crippen MR) is 134 cm³/mol. The number of hydrogen-bond acceptors (Lipinski definition) is 5. The van der Waals surface area contributed by atoms with Crippen LogP contribution in [0.4, 0.5) is 22.0 Å². The third-order valence-corrected chi connectivity index (χ3v) is 6.72. The van der Waals surface area contributed by atoms with E-state index in [9.17, 15) is 36.4 Å². The Bertz CT molecular complexity index is 1440. The fourth-order valence-corrected chi connectivity index (χ4v) is 4.54. The lowest BCUT2D eigenvalue weighted by Gasteiger charge is -2.17. The second-order valence-corrected chi connectivity index (χ2v) is 10.2. The van der Waals surface area contributed by atoms with Gasteiger partial charge in [0.1, 0.15) is 12.4 Å². The molecule has 12 heteroatoms. The summed E-state index contributed by atoms with van der Waals surface area (Å²) in [5.41, 5.74) is -0.399. The molecule has 0 aliphatic carbocycles. The van der Waals surface area contributed by atoms with E-state index in [0.29, 0.717) is 5.56 Å². The van der Waals surface area contributed by atoms with Crippen LogP contribution in [0.25, 0.3) is 22.4 Å². The lowest BCUT2D eigenvalue weighted by Crippen LogP contribution is -2.15. The largest absolute Gasteiger partial charge is 0.481 e. The van der Waals surface area contributed by atoms with Gasteiger partial charge in [0.05, 0.1) is 35.0 Å². The summed E-state index contributed by atoms with van der Waals surface area (Å²) >= 11 is 0. The van der Waals surface area contributed by atoms with Crippen molar-refractivity contribution in [2.45, 2.75) is 32.3 Å². The number of pyridine rings is 1. The van der Waals surface area contributed by atoms with Crippen molar-refractivity contribution in [2.75, 3.05) is 12.8 Å². The van der Waals surface area contributed by atoms with Gasteiger partial charge in [-0.15, -0.1) is 0 Å². The highest BCUT2D eigenvalue weighted by molar-refractivity contribution is 7.39. The second kappa shape index (κ2) is 13.0. The first-order valence-electron chi connectivity index (χ1n) is 11.6. The van der Waals surface area contributed by atoms with Gasteiger partial charge in [-0.2, -0.15) is 0 Å². The van der Waals surface area contributed by atoms with E-state index in [0.717, 1.165) is 12.1 Å². The highest BCUT2D eigenvalue weighted by atomic mass is 31.1. The lowest BCUT2D eigenvalue weighted by atomic mass is 9.92. The van der Waals surface area contributed by atoms with Crippen LogP contribution in [0.15, 0.2) is 36.4 Å². The Morgan fingerprint density at radius 1 is 1.05 bits per heavy atom. The molecule has 0 saturated heterocycles. The molecular weight excluding hydrogens is 544 g/mol. The predicted octanol–water partition coefficient (Wildman–Crippen LogP) is 5.91. The van der Waals surface area contributed by atoms with Gasteiger partial charge in [-0.25, -0.2) is 22.0 Å². The Morgan fingerprint density at radius 2 is 1.67 bits per heavy atom. The Morgan fingerprint density at radius 3 is 2.23 bits per heavy atom. The van der Waals surface area contributed by atoms with E-state index >= 15 is 0 Å². The van der Waals surface area contributed by atoms with Crippen molar-refractivity contribution in [3.8, 4) is 34.2 Å². The van der Waals surface area contributed by atoms with Gasteiger partial charge in [0.2, 0.25) is 0 Å². The van der Waals surface area contributed by atoms with Crippen LogP contribution in [-0.2, 0) is 13.9 Å². The number of aromatic nitrogens is 1. The Hall–Kier alpha value is -3.58. The molecule has 3 aromatic rings. The number of rotatable bonds is 9. The maximum Gasteiger partial charge on any atom is 0.305 e. The van der Waals surface area contributed by atoms with Crippen LogP contribution >= 0.6 is 8.03 Å². The van der Waals surface area contributed by atoms with Gasteiger partial charge in [-0.3, -0.25) is 14.3 Å². The molecule has 2 atom stereocenters. The summed E-state index contributed by atoms with van der Waals surface area (Å²) in [4.78, 5) is 14.9. The van der Waals surface area contributed by atoms with Gasteiger partial charge in [-0.05, 0) is 29.7 Å². The number of nitrogens with zero attached hydrogens (tertiary/aromatic N) is 1. The molecule has 6 nitrogen and oxygen atoms in total. The van der Waals surface area contributed by atoms with Gasteiger partial charge in [0.25, 0.3) is 0 Å². The number of carboxylic acids is 1. The van der Waals surface area contributed by atoms with E-state index in [1.807, 2.05) is 0 Å². The average Bonchev–Trinajstić information content (AvgIpc) is 2.85. The molecule has 0 saturated carbocycles. The molecule has 206 valence electrons. The molecule has 3 rings (SSSR count). The van der Waals surface area contributed by atoms with Gasteiger partial charge < -0.3 is 14.7 Å². The number of carbonyl (C=O) groups is 1. The molecule has 0 fully saturated rings. The standard InChI is InChI=1S/C27H23F5NO5P/c1-14(2)27-18(4-3-9-38-39(37)13-17(34)10-23(35)36)19(15-5-7-16(28)8-6-15)11-22(33-27)24-25(31)20(29)12-21(30)26(24)32/h5-8,11-12,14,17,34,39H,9-10,13H2,1-2H3,(H,35,36). The molecule has 39 heavy (non-hydrogen) atoms. The van der Waals surface area contributed by atoms with E-state index in [2.05, 4.69) is 16.8 Å². The van der Waals surface area contributed by atoms with Crippen LogP contribution in [-0.4, -0.2) is 40.0 Å². The third-order valence-electron chi connectivity index (χ3n) is 5.45. The molecule has 1 heterocycles. The van der Waals surface area contributed by atoms with E-state index in [-0.39, 0.29) is 35.7 Å². The summed E-state index contributed by atoms with van der Waals surface area (Å²) in [6, 6.07) is 6.30. The number of aliphatic hydroxyl groups is 1. The van der Waals surface area contributed by atoms with E-state index in [4.69, 9.17) is 9.63 Å². The Kier molecular flexibility index (Phi) is 9.97. The van der Waals surface area contributed by atoms with Gasteiger partial charge >= 0.3 is 5.97 Å². The number of halogens is 5. The van der Waals surface area contributed by atoms with Crippen LogP contribution < -0.4 is 0 Å². The fraction of sp³-hybridized carbons (Fsp3) is 0.259. The van der Waals surface area contributed by atoms with Crippen molar-refractivity contribution in [2.24, 2.45) is 0 Å². The molecule has 0 aliphatic heterocycles. The molecule has 1 aromatic heterocycles. The van der Waals surface area contributed by atoms with Crippen molar-refractivity contribution in [3.63, 3.8) is 0 Å². The molecule has 2 unspecified atom stereocenters.